The SMILES string of the molecule is COCc1cc(Cn2ccnc2-c2cnn3c(C)cc(C)nc23)[nH]n1. The standard InChI is InChI=1S/C17H19N7O/c1-11-6-12(2)24-17(20-11)15(8-19-24)16-18-4-5-23(16)9-13-7-14(10-25-3)22-21-13/h4-8H,9-10H2,1-3H3,(H,21,22). The molecule has 0 bridgehead atoms. The third-order valence-electron chi connectivity index (χ3n) is 4.05. The predicted octanol–water partition coefficient (Wildman–Crippen LogP) is 2.13. The van der Waals surface area contributed by atoms with E-state index in [4.69, 9.17) is 4.74 Å². The van der Waals surface area contributed by atoms with E-state index in [1.54, 1.807) is 13.3 Å². The van der Waals surface area contributed by atoms with Crippen molar-refractivity contribution < 1.29 is 4.74 Å². The van der Waals surface area contributed by atoms with Gasteiger partial charge in [0.1, 0.15) is 5.82 Å². The van der Waals surface area contributed by atoms with Crippen LogP contribution in [0, 0.1) is 13.8 Å². The molecule has 1 N–H and O–H groups in total. The zero-order valence-electron chi connectivity index (χ0n) is 14.4. The van der Waals surface area contributed by atoms with Crippen LogP contribution < -0.4 is 0 Å². The number of methoxy groups -OCH3 is 1. The molecular formula is C17H19N7O. The van der Waals surface area contributed by atoms with Crippen LogP contribution in [-0.2, 0) is 17.9 Å². The molecule has 0 unspecified atom stereocenters. The van der Waals surface area contributed by atoms with Gasteiger partial charge in [-0.15, -0.1) is 0 Å². The smallest absolute Gasteiger partial charge is 0.166 e. The Balaban J connectivity index is 1.72. The number of H-pyrrole nitrogens is 1. The van der Waals surface area contributed by atoms with Crippen molar-refractivity contribution in [3.05, 3.63) is 53.5 Å². The zero-order valence-corrected chi connectivity index (χ0v) is 14.4. The number of nitrogens with one attached hydrogen (secondary N) is 1. The number of aryl methyl sites for hydroxylation is 2. The van der Waals surface area contributed by atoms with Gasteiger partial charge in [0, 0.05) is 30.9 Å². The molecule has 4 aromatic heterocycles. The minimum Gasteiger partial charge on any atom is -0.378 e. The van der Waals surface area contributed by atoms with Gasteiger partial charge < -0.3 is 9.30 Å². The first-order chi connectivity index (χ1) is 12.2. The van der Waals surface area contributed by atoms with Crippen LogP contribution in [0.15, 0.2) is 30.7 Å². The van der Waals surface area contributed by atoms with Crippen LogP contribution in [0.1, 0.15) is 22.8 Å². The summed E-state index contributed by atoms with van der Waals surface area (Å²) in [5.41, 5.74) is 5.60. The molecule has 0 fully saturated rings. The first kappa shape index (κ1) is 15.5. The number of aromatic nitrogens is 7. The normalized spacial score (nSPS) is 11.5. The van der Waals surface area contributed by atoms with Gasteiger partial charge in [-0.2, -0.15) is 10.2 Å². The predicted molar refractivity (Wildman–Crippen MR) is 92.1 cm³/mol. The van der Waals surface area contributed by atoms with E-state index in [-0.39, 0.29) is 0 Å². The summed E-state index contributed by atoms with van der Waals surface area (Å²) in [6.45, 7) is 5.13. The van der Waals surface area contributed by atoms with Gasteiger partial charge in [-0.25, -0.2) is 14.5 Å². The van der Waals surface area contributed by atoms with Crippen LogP contribution in [-0.4, -0.2) is 41.5 Å². The molecule has 4 heterocycles. The van der Waals surface area contributed by atoms with Crippen LogP contribution in [0.5, 0.6) is 0 Å². The van der Waals surface area contributed by atoms with Gasteiger partial charge in [0.15, 0.2) is 5.65 Å². The van der Waals surface area contributed by atoms with Gasteiger partial charge >= 0.3 is 0 Å². The third-order valence-corrected chi connectivity index (χ3v) is 4.05. The van der Waals surface area contributed by atoms with Crippen molar-refractivity contribution in [2.45, 2.75) is 27.0 Å². The number of fused-ring (bicyclic) bond motifs is 1. The second-order valence-electron chi connectivity index (χ2n) is 6.03. The van der Waals surface area contributed by atoms with E-state index < -0.39 is 0 Å². The van der Waals surface area contributed by atoms with Crippen molar-refractivity contribution >= 4 is 5.65 Å². The molecule has 128 valence electrons. The number of nitrogens with zero attached hydrogens (tertiary/aromatic N) is 6. The van der Waals surface area contributed by atoms with E-state index in [9.17, 15) is 0 Å². The van der Waals surface area contributed by atoms with Crippen LogP contribution in [0.3, 0.4) is 0 Å². The Hall–Kier alpha value is -3.00. The summed E-state index contributed by atoms with van der Waals surface area (Å²) >= 11 is 0. The molecule has 8 nitrogen and oxygen atoms in total. The average molecular weight is 337 g/mol. The van der Waals surface area contributed by atoms with Gasteiger partial charge in [-0.1, -0.05) is 0 Å². The van der Waals surface area contributed by atoms with Crippen molar-refractivity contribution in [2.75, 3.05) is 7.11 Å². The average Bonchev–Trinajstić information content (AvgIpc) is 3.28. The number of imidazole rings is 1. The molecule has 8 heteroatoms. The number of ether oxygens (including phenoxy) is 1. The molecular weight excluding hydrogens is 318 g/mol. The molecule has 4 rings (SSSR count). The lowest BCUT2D eigenvalue weighted by atomic mass is 10.3. The Bertz CT molecular complexity index is 1030. The van der Waals surface area contributed by atoms with E-state index in [1.165, 1.54) is 0 Å². The fourth-order valence-corrected chi connectivity index (χ4v) is 3.00. The minimum atomic E-state index is 0.490. The van der Waals surface area contributed by atoms with Gasteiger partial charge in [0.05, 0.1) is 36.3 Å². The third kappa shape index (κ3) is 2.80. The maximum absolute atomic E-state index is 5.11. The molecule has 0 amide bonds. The van der Waals surface area contributed by atoms with Crippen LogP contribution in [0.2, 0.25) is 0 Å². The molecule has 0 aromatic carbocycles. The molecule has 0 aliphatic rings. The summed E-state index contributed by atoms with van der Waals surface area (Å²) in [5.74, 6) is 0.829. The fourth-order valence-electron chi connectivity index (χ4n) is 3.00. The Morgan fingerprint density at radius 2 is 2.12 bits per heavy atom. The number of rotatable bonds is 5. The van der Waals surface area contributed by atoms with Crippen LogP contribution in [0.25, 0.3) is 17.0 Å². The van der Waals surface area contributed by atoms with Gasteiger partial charge in [-0.05, 0) is 26.0 Å². The Kier molecular flexibility index (Phi) is 3.81. The van der Waals surface area contributed by atoms with Gasteiger partial charge in [0.25, 0.3) is 0 Å². The van der Waals surface area contributed by atoms with E-state index in [0.29, 0.717) is 13.2 Å². The molecule has 4 aromatic rings. The number of hydrogen-bond acceptors (Lipinski definition) is 5. The summed E-state index contributed by atoms with van der Waals surface area (Å²) in [4.78, 5) is 9.16. The lowest BCUT2D eigenvalue weighted by Gasteiger charge is -2.06. The Morgan fingerprint density at radius 3 is 2.96 bits per heavy atom. The lowest BCUT2D eigenvalue weighted by Crippen LogP contribution is -2.02. The lowest BCUT2D eigenvalue weighted by molar-refractivity contribution is 0.181. The minimum absolute atomic E-state index is 0.490. The quantitative estimate of drug-likeness (QED) is 0.603. The number of hydrogen-bond donors (Lipinski definition) is 1. The topological polar surface area (TPSA) is 85.9 Å². The number of aromatic amines is 1. The maximum atomic E-state index is 5.11. The molecule has 0 spiro atoms. The first-order valence-electron chi connectivity index (χ1n) is 8.01. The molecule has 0 atom stereocenters. The highest BCUT2D eigenvalue weighted by molar-refractivity contribution is 5.72. The second-order valence-corrected chi connectivity index (χ2v) is 6.03. The van der Waals surface area contributed by atoms with E-state index in [2.05, 4.69) is 29.8 Å². The van der Waals surface area contributed by atoms with E-state index in [0.717, 1.165) is 39.8 Å². The summed E-state index contributed by atoms with van der Waals surface area (Å²) in [7, 11) is 1.66. The summed E-state index contributed by atoms with van der Waals surface area (Å²) in [5, 5.41) is 11.7. The highest BCUT2D eigenvalue weighted by atomic mass is 16.5. The highest BCUT2D eigenvalue weighted by Crippen LogP contribution is 2.23. The molecule has 0 saturated heterocycles. The molecule has 0 aliphatic heterocycles. The van der Waals surface area contributed by atoms with Crippen molar-refractivity contribution in [3.63, 3.8) is 0 Å². The summed E-state index contributed by atoms with van der Waals surface area (Å²) in [6.07, 6.45) is 5.54. The largest absolute Gasteiger partial charge is 0.378 e. The molecule has 0 radical (unpaired) electrons. The first-order valence-corrected chi connectivity index (χ1v) is 8.01. The van der Waals surface area contributed by atoms with Crippen molar-refractivity contribution in [1.29, 1.82) is 0 Å². The van der Waals surface area contributed by atoms with Crippen molar-refractivity contribution in [1.82, 2.24) is 34.3 Å². The van der Waals surface area contributed by atoms with Gasteiger partial charge in [0.2, 0.25) is 0 Å². The van der Waals surface area contributed by atoms with Crippen molar-refractivity contribution in [3.8, 4) is 11.4 Å². The van der Waals surface area contributed by atoms with E-state index in [1.807, 2.05) is 42.9 Å². The van der Waals surface area contributed by atoms with Crippen molar-refractivity contribution in [2.24, 2.45) is 0 Å². The monoisotopic (exact) mass is 337 g/mol. The van der Waals surface area contributed by atoms with Crippen LogP contribution in [0.4, 0.5) is 0 Å². The summed E-state index contributed by atoms with van der Waals surface area (Å²) < 4.78 is 9.01. The Morgan fingerprint density at radius 1 is 1.24 bits per heavy atom. The molecule has 0 saturated carbocycles. The summed E-state index contributed by atoms with van der Waals surface area (Å²) in [6, 6.07) is 4.01. The maximum Gasteiger partial charge on any atom is 0.166 e. The molecule has 0 aliphatic carbocycles. The van der Waals surface area contributed by atoms with E-state index >= 15 is 0 Å². The van der Waals surface area contributed by atoms with Crippen LogP contribution >= 0.6 is 0 Å². The van der Waals surface area contributed by atoms with Gasteiger partial charge in [-0.3, -0.25) is 5.10 Å². The molecule has 25 heavy (non-hydrogen) atoms. The Labute approximate surface area is 144 Å². The highest BCUT2D eigenvalue weighted by Gasteiger charge is 2.15. The zero-order chi connectivity index (χ0) is 17.4. The second kappa shape index (κ2) is 6.14. The fraction of sp³-hybridized carbons (Fsp3) is 0.294.